The molecule has 30 heavy (non-hydrogen) atoms. The van der Waals surface area contributed by atoms with Crippen LogP contribution in [0.5, 0.6) is 0 Å². The first-order valence-corrected chi connectivity index (χ1v) is 10.8. The number of nitrogens with zero attached hydrogens (tertiary/aromatic N) is 2. The Labute approximate surface area is 179 Å². The molecule has 2 N–H and O–H groups in total. The standard InChI is InChI=1S/C23H25N3O3S/c1-26(2)14-15-7-8-19-18(9-15)25-20(30-19)13-24-22(29)23(12-21(27)28)10-16-5-3-4-6-17(16)11-23/h3-9H,10-14H2,1-2H3,(H,24,29)(H,27,28). The van der Waals surface area contributed by atoms with Gasteiger partial charge in [-0.25, -0.2) is 4.98 Å². The van der Waals surface area contributed by atoms with Crippen LogP contribution in [0.1, 0.15) is 28.1 Å². The summed E-state index contributed by atoms with van der Waals surface area (Å²) in [6.45, 7) is 1.15. The minimum atomic E-state index is -0.952. The van der Waals surface area contributed by atoms with Crippen molar-refractivity contribution in [1.82, 2.24) is 15.2 Å². The molecule has 1 aliphatic carbocycles. The molecule has 3 aromatic rings. The van der Waals surface area contributed by atoms with Crippen molar-refractivity contribution >= 4 is 33.4 Å². The van der Waals surface area contributed by atoms with E-state index in [1.165, 1.54) is 5.56 Å². The van der Waals surface area contributed by atoms with Crippen LogP contribution in [0, 0.1) is 5.41 Å². The van der Waals surface area contributed by atoms with Gasteiger partial charge in [-0.15, -0.1) is 11.3 Å². The highest BCUT2D eigenvalue weighted by molar-refractivity contribution is 7.18. The first-order valence-electron chi connectivity index (χ1n) is 9.95. The zero-order valence-corrected chi connectivity index (χ0v) is 18.0. The molecule has 0 unspecified atom stereocenters. The average Bonchev–Trinajstić information content (AvgIpc) is 3.25. The van der Waals surface area contributed by atoms with Gasteiger partial charge in [0, 0.05) is 6.54 Å². The number of carbonyl (C=O) groups is 2. The van der Waals surface area contributed by atoms with Crippen molar-refractivity contribution < 1.29 is 14.7 Å². The quantitative estimate of drug-likeness (QED) is 0.610. The number of benzene rings is 2. The minimum absolute atomic E-state index is 0.179. The summed E-state index contributed by atoms with van der Waals surface area (Å²) in [5.74, 6) is -1.17. The highest BCUT2D eigenvalue weighted by Crippen LogP contribution is 2.40. The second-order valence-corrected chi connectivity index (χ2v) is 9.42. The van der Waals surface area contributed by atoms with Gasteiger partial charge in [-0.3, -0.25) is 9.59 Å². The normalized spacial score (nSPS) is 14.8. The number of carbonyl (C=O) groups excluding carboxylic acids is 1. The predicted octanol–water partition coefficient (Wildman–Crippen LogP) is 3.23. The van der Waals surface area contributed by atoms with E-state index in [1.54, 1.807) is 11.3 Å². The van der Waals surface area contributed by atoms with E-state index in [0.29, 0.717) is 19.4 Å². The first kappa shape index (κ1) is 20.5. The van der Waals surface area contributed by atoms with Gasteiger partial charge in [-0.1, -0.05) is 30.3 Å². The predicted molar refractivity (Wildman–Crippen MR) is 117 cm³/mol. The number of hydrogen-bond donors (Lipinski definition) is 2. The number of aromatic nitrogens is 1. The molecule has 0 saturated heterocycles. The molecule has 1 heterocycles. The van der Waals surface area contributed by atoms with E-state index in [1.807, 2.05) is 38.4 Å². The number of aliphatic carboxylic acids is 1. The van der Waals surface area contributed by atoms with Crippen molar-refractivity contribution in [1.29, 1.82) is 0 Å². The summed E-state index contributed by atoms with van der Waals surface area (Å²) in [6, 6.07) is 14.1. The maximum Gasteiger partial charge on any atom is 0.304 e. The van der Waals surface area contributed by atoms with E-state index >= 15 is 0 Å². The van der Waals surface area contributed by atoms with Crippen molar-refractivity contribution in [3.63, 3.8) is 0 Å². The molecule has 0 atom stereocenters. The first-order chi connectivity index (χ1) is 14.3. The maximum atomic E-state index is 13.1. The molecule has 1 amide bonds. The Morgan fingerprint density at radius 1 is 1.17 bits per heavy atom. The molecule has 1 aliphatic rings. The van der Waals surface area contributed by atoms with Crippen LogP contribution in [0.4, 0.5) is 0 Å². The highest BCUT2D eigenvalue weighted by atomic mass is 32.1. The second kappa shape index (κ2) is 8.16. The average molecular weight is 424 g/mol. The van der Waals surface area contributed by atoms with Crippen LogP contribution in [-0.2, 0) is 35.5 Å². The molecule has 0 spiro atoms. The zero-order valence-electron chi connectivity index (χ0n) is 17.1. The fourth-order valence-corrected chi connectivity index (χ4v) is 5.14. The second-order valence-electron chi connectivity index (χ2n) is 8.30. The third-order valence-corrected chi connectivity index (χ3v) is 6.58. The van der Waals surface area contributed by atoms with E-state index in [2.05, 4.69) is 33.4 Å². The number of fused-ring (bicyclic) bond motifs is 2. The summed E-state index contributed by atoms with van der Waals surface area (Å²) in [4.78, 5) is 31.4. The lowest BCUT2D eigenvalue weighted by atomic mass is 9.80. The Hall–Kier alpha value is -2.77. The summed E-state index contributed by atoms with van der Waals surface area (Å²) in [7, 11) is 4.06. The molecule has 1 aromatic heterocycles. The zero-order chi connectivity index (χ0) is 21.3. The number of thiazole rings is 1. The molecular weight excluding hydrogens is 398 g/mol. The lowest BCUT2D eigenvalue weighted by molar-refractivity contribution is -0.145. The van der Waals surface area contributed by atoms with Crippen LogP contribution >= 0.6 is 11.3 Å². The molecule has 6 nitrogen and oxygen atoms in total. The van der Waals surface area contributed by atoms with Crippen LogP contribution in [-0.4, -0.2) is 41.0 Å². The Morgan fingerprint density at radius 3 is 2.50 bits per heavy atom. The lowest BCUT2D eigenvalue weighted by Crippen LogP contribution is -2.43. The Kier molecular flexibility index (Phi) is 5.58. The van der Waals surface area contributed by atoms with Crippen molar-refractivity contribution in [2.45, 2.75) is 32.4 Å². The van der Waals surface area contributed by atoms with Gasteiger partial charge in [0.1, 0.15) is 5.01 Å². The Morgan fingerprint density at radius 2 is 1.87 bits per heavy atom. The lowest BCUT2D eigenvalue weighted by Gasteiger charge is -2.25. The van der Waals surface area contributed by atoms with E-state index in [4.69, 9.17) is 0 Å². The molecule has 4 rings (SSSR count). The smallest absolute Gasteiger partial charge is 0.304 e. The summed E-state index contributed by atoms with van der Waals surface area (Å²) < 4.78 is 1.08. The van der Waals surface area contributed by atoms with Gasteiger partial charge in [0.25, 0.3) is 0 Å². The van der Waals surface area contributed by atoms with Gasteiger partial charge < -0.3 is 15.3 Å². The van der Waals surface area contributed by atoms with Gasteiger partial charge in [-0.2, -0.15) is 0 Å². The van der Waals surface area contributed by atoms with Crippen LogP contribution in [0.3, 0.4) is 0 Å². The highest BCUT2D eigenvalue weighted by Gasteiger charge is 2.45. The van der Waals surface area contributed by atoms with Crippen LogP contribution < -0.4 is 5.32 Å². The monoisotopic (exact) mass is 423 g/mol. The number of nitrogens with one attached hydrogen (secondary N) is 1. The number of rotatable bonds is 7. The minimum Gasteiger partial charge on any atom is -0.481 e. The van der Waals surface area contributed by atoms with Crippen LogP contribution in [0.2, 0.25) is 0 Å². The topological polar surface area (TPSA) is 82.5 Å². The van der Waals surface area contributed by atoms with Crippen molar-refractivity contribution in [2.24, 2.45) is 5.41 Å². The molecule has 0 saturated carbocycles. The van der Waals surface area contributed by atoms with Crippen LogP contribution in [0.15, 0.2) is 42.5 Å². The fraction of sp³-hybridized carbons (Fsp3) is 0.348. The van der Waals surface area contributed by atoms with Crippen molar-refractivity contribution in [2.75, 3.05) is 14.1 Å². The Balaban J connectivity index is 1.49. The number of carboxylic acids is 1. The van der Waals surface area contributed by atoms with E-state index < -0.39 is 11.4 Å². The molecule has 0 bridgehead atoms. The van der Waals surface area contributed by atoms with E-state index in [9.17, 15) is 14.7 Å². The largest absolute Gasteiger partial charge is 0.481 e. The van der Waals surface area contributed by atoms with Crippen molar-refractivity contribution in [3.8, 4) is 0 Å². The number of carboxylic acid groups (broad SMARTS) is 1. The molecule has 156 valence electrons. The summed E-state index contributed by atoms with van der Waals surface area (Å²) in [5.41, 5.74) is 3.30. The van der Waals surface area contributed by atoms with Crippen molar-refractivity contribution in [3.05, 3.63) is 64.2 Å². The SMILES string of the molecule is CN(C)Cc1ccc2sc(CNC(=O)C3(CC(=O)O)Cc4ccccc4C3)nc2c1. The maximum absolute atomic E-state index is 13.1. The molecule has 0 fully saturated rings. The van der Waals surface area contributed by atoms with Crippen LogP contribution in [0.25, 0.3) is 10.2 Å². The summed E-state index contributed by atoms with van der Waals surface area (Å²) in [6.07, 6.45) is 0.728. The molecule has 0 radical (unpaired) electrons. The van der Waals surface area contributed by atoms with Gasteiger partial charge >= 0.3 is 5.97 Å². The van der Waals surface area contributed by atoms with Gasteiger partial charge in [0.15, 0.2) is 0 Å². The van der Waals surface area contributed by atoms with E-state index in [0.717, 1.165) is 32.9 Å². The van der Waals surface area contributed by atoms with E-state index in [-0.39, 0.29) is 12.3 Å². The van der Waals surface area contributed by atoms with Gasteiger partial charge in [0.05, 0.1) is 28.6 Å². The molecule has 7 heteroatoms. The molecule has 0 aliphatic heterocycles. The van der Waals surface area contributed by atoms with Gasteiger partial charge in [-0.05, 0) is 55.8 Å². The third-order valence-electron chi connectivity index (χ3n) is 5.54. The summed E-state index contributed by atoms with van der Waals surface area (Å²) >= 11 is 1.55. The molecular formula is C23H25N3O3S. The Bertz CT molecular complexity index is 1080. The van der Waals surface area contributed by atoms with Gasteiger partial charge in [0.2, 0.25) is 5.91 Å². The number of amides is 1. The summed E-state index contributed by atoms with van der Waals surface area (Å²) in [5, 5.41) is 13.2. The number of hydrogen-bond acceptors (Lipinski definition) is 5. The fourth-order valence-electron chi connectivity index (χ4n) is 4.25. The molecule has 2 aromatic carbocycles. The third kappa shape index (κ3) is 4.22.